The van der Waals surface area contributed by atoms with Crippen molar-refractivity contribution in [3.05, 3.63) is 48.3 Å². The lowest BCUT2D eigenvalue weighted by atomic mass is 10.2. The molecule has 0 atom stereocenters. The van der Waals surface area contributed by atoms with Crippen LogP contribution in [0.25, 0.3) is 10.2 Å². The normalized spacial score (nSPS) is 11.7. The monoisotopic (exact) mass is 311 g/mol. The van der Waals surface area contributed by atoms with Crippen molar-refractivity contribution in [1.82, 2.24) is 9.97 Å². The fourth-order valence-electron chi connectivity index (χ4n) is 2.00. The molecule has 22 heavy (non-hydrogen) atoms. The van der Waals surface area contributed by atoms with Crippen molar-refractivity contribution in [2.45, 2.75) is 6.92 Å². The summed E-state index contributed by atoms with van der Waals surface area (Å²) in [6, 6.07) is 12.0. The van der Waals surface area contributed by atoms with Crippen molar-refractivity contribution >= 4 is 38.1 Å². The van der Waals surface area contributed by atoms with E-state index in [1.807, 2.05) is 56.3 Å². The van der Waals surface area contributed by atoms with Gasteiger partial charge in [-0.3, -0.25) is 10.4 Å². The Kier molecular flexibility index (Phi) is 4.02. The second kappa shape index (κ2) is 6.11. The molecule has 0 saturated carbocycles. The predicted octanol–water partition coefficient (Wildman–Crippen LogP) is 3.59. The van der Waals surface area contributed by atoms with Crippen LogP contribution in [0.2, 0.25) is 0 Å². The van der Waals surface area contributed by atoms with Gasteiger partial charge in [-0.25, -0.2) is 4.98 Å². The lowest BCUT2D eigenvalue weighted by Gasteiger charge is -2.12. The molecular weight excluding hydrogens is 294 g/mol. The van der Waals surface area contributed by atoms with Gasteiger partial charge >= 0.3 is 0 Å². The summed E-state index contributed by atoms with van der Waals surface area (Å²) in [7, 11) is 4.01. The van der Waals surface area contributed by atoms with Gasteiger partial charge in [-0.1, -0.05) is 23.5 Å². The van der Waals surface area contributed by atoms with Crippen LogP contribution in [0.1, 0.15) is 12.6 Å². The maximum absolute atomic E-state index is 4.50. The van der Waals surface area contributed by atoms with Crippen molar-refractivity contribution in [1.29, 1.82) is 0 Å². The van der Waals surface area contributed by atoms with E-state index in [4.69, 9.17) is 0 Å². The zero-order chi connectivity index (χ0) is 15.5. The molecule has 0 amide bonds. The minimum absolute atomic E-state index is 0.782. The molecule has 2 aromatic heterocycles. The Hall–Kier alpha value is -2.47. The van der Waals surface area contributed by atoms with E-state index >= 15 is 0 Å². The predicted molar refractivity (Wildman–Crippen MR) is 94.0 cm³/mol. The molecule has 2 heterocycles. The minimum atomic E-state index is 0.782. The maximum atomic E-state index is 4.50. The van der Waals surface area contributed by atoms with Gasteiger partial charge in [-0.15, -0.1) is 0 Å². The van der Waals surface area contributed by atoms with Crippen LogP contribution in [0, 0.1) is 0 Å². The van der Waals surface area contributed by atoms with Gasteiger partial charge in [0.15, 0.2) is 0 Å². The van der Waals surface area contributed by atoms with Crippen molar-refractivity contribution in [2.24, 2.45) is 5.10 Å². The Balaban J connectivity index is 1.81. The van der Waals surface area contributed by atoms with E-state index in [1.165, 1.54) is 0 Å². The average molecular weight is 311 g/mol. The van der Waals surface area contributed by atoms with E-state index in [2.05, 4.69) is 26.6 Å². The van der Waals surface area contributed by atoms with Crippen molar-refractivity contribution in [3.63, 3.8) is 0 Å². The molecule has 1 aromatic carbocycles. The van der Waals surface area contributed by atoms with Gasteiger partial charge < -0.3 is 4.90 Å². The van der Waals surface area contributed by atoms with Crippen LogP contribution in [0.4, 0.5) is 10.8 Å². The Morgan fingerprint density at radius 2 is 2.05 bits per heavy atom. The molecule has 0 aliphatic rings. The van der Waals surface area contributed by atoms with Crippen molar-refractivity contribution < 1.29 is 0 Å². The van der Waals surface area contributed by atoms with Gasteiger partial charge in [-0.2, -0.15) is 5.10 Å². The largest absolute Gasteiger partial charge is 0.378 e. The quantitative estimate of drug-likeness (QED) is 0.591. The molecule has 0 spiro atoms. The minimum Gasteiger partial charge on any atom is -0.378 e. The third-order valence-electron chi connectivity index (χ3n) is 3.24. The number of hydrogen-bond acceptors (Lipinski definition) is 6. The van der Waals surface area contributed by atoms with Crippen LogP contribution in [-0.4, -0.2) is 29.8 Å². The first kappa shape index (κ1) is 14.5. The number of hydrazone groups is 1. The number of aromatic nitrogens is 2. The highest BCUT2D eigenvalue weighted by molar-refractivity contribution is 7.22. The number of rotatable bonds is 4. The highest BCUT2D eigenvalue weighted by atomic mass is 32.1. The molecule has 3 rings (SSSR count). The van der Waals surface area contributed by atoms with Crippen LogP contribution >= 0.6 is 11.3 Å². The summed E-state index contributed by atoms with van der Waals surface area (Å²) in [5, 5.41) is 5.18. The van der Waals surface area contributed by atoms with Gasteiger partial charge in [-0.05, 0) is 31.2 Å². The summed E-state index contributed by atoms with van der Waals surface area (Å²) in [4.78, 5) is 10.9. The van der Waals surface area contributed by atoms with Crippen molar-refractivity contribution in [2.75, 3.05) is 24.4 Å². The number of nitrogens with one attached hydrogen (secondary N) is 1. The van der Waals surface area contributed by atoms with E-state index in [-0.39, 0.29) is 0 Å². The Morgan fingerprint density at radius 1 is 1.23 bits per heavy atom. The van der Waals surface area contributed by atoms with Gasteiger partial charge in [0, 0.05) is 26.0 Å². The first-order valence-electron chi connectivity index (χ1n) is 6.93. The molecule has 0 aliphatic carbocycles. The summed E-state index contributed by atoms with van der Waals surface area (Å²) >= 11 is 1.58. The van der Waals surface area contributed by atoms with Crippen molar-refractivity contribution in [3.8, 4) is 0 Å². The fourth-order valence-corrected chi connectivity index (χ4v) is 2.81. The highest BCUT2D eigenvalue weighted by Gasteiger charge is 2.04. The molecule has 0 aliphatic heterocycles. The van der Waals surface area contributed by atoms with Gasteiger partial charge in [0.2, 0.25) is 5.13 Å². The average Bonchev–Trinajstić information content (AvgIpc) is 2.95. The second-order valence-corrected chi connectivity index (χ2v) is 6.12. The molecule has 0 bridgehead atoms. The first-order valence-corrected chi connectivity index (χ1v) is 7.75. The molecular formula is C16H17N5S. The zero-order valence-electron chi connectivity index (χ0n) is 12.7. The van der Waals surface area contributed by atoms with Gasteiger partial charge in [0.1, 0.15) is 0 Å². The van der Waals surface area contributed by atoms with E-state index in [0.717, 1.165) is 32.4 Å². The van der Waals surface area contributed by atoms with E-state index < -0.39 is 0 Å². The summed E-state index contributed by atoms with van der Waals surface area (Å²) < 4.78 is 1.14. The number of nitrogens with zero attached hydrogens (tertiary/aromatic N) is 4. The summed E-state index contributed by atoms with van der Waals surface area (Å²) in [5.41, 5.74) is 6.77. The van der Waals surface area contributed by atoms with E-state index in [1.54, 1.807) is 17.5 Å². The van der Waals surface area contributed by atoms with Crippen LogP contribution in [-0.2, 0) is 0 Å². The summed E-state index contributed by atoms with van der Waals surface area (Å²) in [6.07, 6.45) is 1.79. The summed E-state index contributed by atoms with van der Waals surface area (Å²) in [6.45, 7) is 1.93. The Bertz CT molecular complexity index is 789. The molecule has 0 fully saturated rings. The van der Waals surface area contributed by atoms with Crippen LogP contribution in [0.15, 0.2) is 47.7 Å². The molecule has 6 heteroatoms. The van der Waals surface area contributed by atoms with Crippen LogP contribution < -0.4 is 10.3 Å². The molecule has 3 aromatic rings. The Morgan fingerprint density at radius 3 is 2.82 bits per heavy atom. The van der Waals surface area contributed by atoms with E-state index in [0.29, 0.717) is 0 Å². The molecule has 0 unspecified atom stereocenters. The number of benzene rings is 1. The number of fused-ring (bicyclic) bond motifs is 1. The molecule has 112 valence electrons. The summed E-state index contributed by atoms with van der Waals surface area (Å²) in [5.74, 6) is 0. The maximum Gasteiger partial charge on any atom is 0.204 e. The first-order chi connectivity index (χ1) is 10.6. The molecule has 5 nitrogen and oxygen atoms in total. The third kappa shape index (κ3) is 3.07. The van der Waals surface area contributed by atoms with Gasteiger partial charge in [0.05, 0.1) is 21.6 Å². The molecule has 1 N–H and O–H groups in total. The number of pyridine rings is 1. The lowest BCUT2D eigenvalue weighted by molar-refractivity contribution is 1.11. The molecule has 0 saturated heterocycles. The zero-order valence-corrected chi connectivity index (χ0v) is 13.6. The number of thiazole rings is 1. The third-order valence-corrected chi connectivity index (χ3v) is 4.18. The fraction of sp³-hybridized carbons (Fsp3) is 0.188. The van der Waals surface area contributed by atoms with Gasteiger partial charge in [0.25, 0.3) is 0 Å². The number of anilines is 2. The lowest BCUT2D eigenvalue weighted by Crippen LogP contribution is -2.10. The number of hydrogen-bond donors (Lipinski definition) is 1. The smallest absolute Gasteiger partial charge is 0.204 e. The second-order valence-electron chi connectivity index (χ2n) is 5.09. The van der Waals surface area contributed by atoms with Crippen LogP contribution in [0.3, 0.4) is 0 Å². The Labute approximate surface area is 133 Å². The SMILES string of the molecule is C/C(=N\Nc1nc2ccccc2s1)c1cc(N(C)C)ccn1. The van der Waals surface area contributed by atoms with E-state index in [9.17, 15) is 0 Å². The standard InChI is InChI=1S/C16H17N5S/c1-11(14-10-12(21(2)3)8-9-17-14)19-20-16-18-13-6-4-5-7-15(13)22-16/h4-10H,1-3H3,(H,18,20)/b19-11+. The number of para-hydroxylation sites is 1. The molecule has 0 radical (unpaired) electrons. The highest BCUT2D eigenvalue weighted by Crippen LogP contribution is 2.25. The topological polar surface area (TPSA) is 53.4 Å². The van der Waals surface area contributed by atoms with Crippen LogP contribution in [0.5, 0.6) is 0 Å².